The summed E-state index contributed by atoms with van der Waals surface area (Å²) >= 11 is 0. The minimum absolute atomic E-state index is 0.0126. The molecule has 1 atom stereocenters. The molecule has 0 spiro atoms. The average Bonchev–Trinajstić information content (AvgIpc) is 2.61. The second-order valence-corrected chi connectivity index (χ2v) is 6.75. The highest BCUT2D eigenvalue weighted by atomic mass is 19.4. The van der Waals surface area contributed by atoms with E-state index in [2.05, 4.69) is 24.4 Å². The summed E-state index contributed by atoms with van der Waals surface area (Å²) in [6, 6.07) is 13.1. The summed E-state index contributed by atoms with van der Waals surface area (Å²) in [7, 11) is 3.86. The van der Waals surface area contributed by atoms with Crippen molar-refractivity contribution in [3.8, 4) is 0 Å². The lowest BCUT2D eigenvalue weighted by atomic mass is 10.0. The van der Waals surface area contributed by atoms with Crippen molar-refractivity contribution in [3.63, 3.8) is 0 Å². The Morgan fingerprint density at radius 3 is 2.30 bits per heavy atom. The number of nitrogens with zero attached hydrogens (tertiary/aromatic N) is 1. The van der Waals surface area contributed by atoms with Crippen LogP contribution in [0.3, 0.4) is 0 Å². The number of nitrogens with one attached hydrogen (secondary N) is 1. The lowest BCUT2D eigenvalue weighted by molar-refractivity contribution is -0.137. The van der Waals surface area contributed by atoms with Crippen molar-refractivity contribution in [3.05, 3.63) is 70.8 Å². The number of carbonyl (C=O) groups excluding carboxylic acids is 1. The highest BCUT2D eigenvalue weighted by Gasteiger charge is 2.30. The van der Waals surface area contributed by atoms with Crippen LogP contribution >= 0.6 is 0 Å². The van der Waals surface area contributed by atoms with Crippen molar-refractivity contribution in [1.29, 1.82) is 0 Å². The number of hydrogen-bond acceptors (Lipinski definition) is 2. The highest BCUT2D eigenvalue weighted by Crippen LogP contribution is 2.29. The van der Waals surface area contributed by atoms with Gasteiger partial charge in [0.05, 0.1) is 18.0 Å². The Balaban J connectivity index is 1.99. The van der Waals surface area contributed by atoms with Crippen LogP contribution in [0.4, 0.5) is 13.2 Å². The van der Waals surface area contributed by atoms with Crippen LogP contribution in [0.5, 0.6) is 0 Å². The van der Waals surface area contributed by atoms with Gasteiger partial charge >= 0.3 is 6.18 Å². The summed E-state index contributed by atoms with van der Waals surface area (Å²) in [5, 5.41) is 2.84. The van der Waals surface area contributed by atoms with Gasteiger partial charge in [-0.3, -0.25) is 4.79 Å². The van der Waals surface area contributed by atoms with E-state index < -0.39 is 11.7 Å². The molecule has 0 fully saturated rings. The molecule has 1 N–H and O–H groups in total. The zero-order valence-electron chi connectivity index (χ0n) is 15.8. The first-order valence-corrected chi connectivity index (χ1v) is 8.88. The molecular weight excluding hydrogens is 353 g/mol. The lowest BCUT2D eigenvalue weighted by Crippen LogP contribution is -2.35. The first-order chi connectivity index (χ1) is 12.7. The molecular formula is C21H25F3N2O. The van der Waals surface area contributed by atoms with Gasteiger partial charge in [0.1, 0.15) is 0 Å². The monoisotopic (exact) mass is 378 g/mol. The fourth-order valence-corrected chi connectivity index (χ4v) is 2.89. The third kappa shape index (κ3) is 6.10. The van der Waals surface area contributed by atoms with E-state index in [9.17, 15) is 18.0 Å². The molecule has 2 aromatic rings. The average molecular weight is 378 g/mol. The molecule has 0 aliphatic rings. The summed E-state index contributed by atoms with van der Waals surface area (Å²) in [6.07, 6.45) is -3.54. The van der Waals surface area contributed by atoms with Crippen molar-refractivity contribution >= 4 is 5.91 Å². The summed E-state index contributed by atoms with van der Waals surface area (Å²) in [6.45, 7) is 2.47. The van der Waals surface area contributed by atoms with Crippen molar-refractivity contribution in [2.24, 2.45) is 0 Å². The van der Waals surface area contributed by atoms with Crippen LogP contribution in [0, 0.1) is 0 Å². The lowest BCUT2D eigenvalue weighted by Gasteiger charge is -2.25. The van der Waals surface area contributed by atoms with Crippen LogP contribution in [-0.4, -0.2) is 31.4 Å². The van der Waals surface area contributed by atoms with E-state index in [1.165, 1.54) is 17.7 Å². The van der Waals surface area contributed by atoms with E-state index >= 15 is 0 Å². The summed E-state index contributed by atoms with van der Waals surface area (Å²) in [4.78, 5) is 14.2. The summed E-state index contributed by atoms with van der Waals surface area (Å²) in [5.41, 5.74) is 1.92. The summed E-state index contributed by atoms with van der Waals surface area (Å²) < 4.78 is 38.4. The van der Waals surface area contributed by atoms with Gasteiger partial charge in [-0.2, -0.15) is 13.2 Å². The molecule has 6 heteroatoms. The number of carbonyl (C=O) groups is 1. The maximum atomic E-state index is 12.8. The minimum Gasteiger partial charge on any atom is -0.354 e. The van der Waals surface area contributed by atoms with Gasteiger partial charge in [0.25, 0.3) is 0 Å². The number of amides is 1. The zero-order chi connectivity index (χ0) is 20.0. The van der Waals surface area contributed by atoms with Crippen LogP contribution in [0.1, 0.15) is 35.2 Å². The number of benzene rings is 2. The normalized spacial score (nSPS) is 12.9. The molecule has 0 heterocycles. The molecule has 0 saturated carbocycles. The first kappa shape index (κ1) is 21.0. The van der Waals surface area contributed by atoms with Gasteiger partial charge in [-0.05, 0) is 43.3 Å². The van der Waals surface area contributed by atoms with E-state index in [1.54, 1.807) is 0 Å². The molecule has 27 heavy (non-hydrogen) atoms. The maximum absolute atomic E-state index is 12.8. The van der Waals surface area contributed by atoms with Gasteiger partial charge in [0.2, 0.25) is 5.91 Å². The van der Waals surface area contributed by atoms with Gasteiger partial charge in [0.15, 0.2) is 0 Å². The molecule has 0 radical (unpaired) electrons. The third-order valence-electron chi connectivity index (χ3n) is 4.51. The Hall–Kier alpha value is -2.34. The molecule has 0 aliphatic heterocycles. The van der Waals surface area contributed by atoms with E-state index in [0.717, 1.165) is 24.1 Å². The minimum atomic E-state index is -4.41. The Morgan fingerprint density at radius 1 is 1.07 bits per heavy atom. The maximum Gasteiger partial charge on any atom is 0.416 e. The second-order valence-electron chi connectivity index (χ2n) is 6.75. The fourth-order valence-electron chi connectivity index (χ4n) is 2.89. The largest absolute Gasteiger partial charge is 0.416 e. The molecule has 0 aliphatic carbocycles. The van der Waals surface area contributed by atoms with Crippen LogP contribution in [0.15, 0.2) is 48.5 Å². The Kier molecular flexibility index (Phi) is 7.02. The number of hydrogen-bond donors (Lipinski definition) is 1. The zero-order valence-corrected chi connectivity index (χ0v) is 15.8. The van der Waals surface area contributed by atoms with E-state index in [-0.39, 0.29) is 18.4 Å². The van der Waals surface area contributed by atoms with Crippen LogP contribution in [-0.2, 0) is 23.8 Å². The quantitative estimate of drug-likeness (QED) is 0.782. The number of aryl methyl sites for hydroxylation is 1. The van der Waals surface area contributed by atoms with E-state index in [1.807, 2.05) is 31.1 Å². The van der Waals surface area contributed by atoms with Crippen molar-refractivity contribution in [1.82, 2.24) is 10.2 Å². The molecule has 146 valence electrons. The number of halogens is 3. The molecule has 1 amide bonds. The van der Waals surface area contributed by atoms with E-state index in [0.29, 0.717) is 12.1 Å². The van der Waals surface area contributed by atoms with Gasteiger partial charge < -0.3 is 10.2 Å². The Morgan fingerprint density at radius 2 is 1.74 bits per heavy atom. The SMILES string of the molecule is CCc1ccc(C(CNC(=O)Cc2cccc(C(F)(F)F)c2)N(C)C)cc1. The van der Waals surface area contributed by atoms with Crippen LogP contribution in [0.25, 0.3) is 0 Å². The molecule has 1 unspecified atom stereocenters. The van der Waals surface area contributed by atoms with E-state index in [4.69, 9.17) is 0 Å². The summed E-state index contributed by atoms with van der Waals surface area (Å²) in [5.74, 6) is -0.300. The topological polar surface area (TPSA) is 32.3 Å². The smallest absolute Gasteiger partial charge is 0.354 e. The molecule has 0 saturated heterocycles. The molecule has 3 nitrogen and oxygen atoms in total. The number of rotatable bonds is 7. The van der Waals surface area contributed by atoms with Gasteiger partial charge in [-0.1, -0.05) is 49.4 Å². The predicted molar refractivity (Wildman–Crippen MR) is 100 cm³/mol. The molecule has 0 aromatic heterocycles. The predicted octanol–water partition coefficient (Wildman–Crippen LogP) is 4.23. The molecule has 2 aromatic carbocycles. The van der Waals surface area contributed by atoms with Crippen molar-refractivity contribution < 1.29 is 18.0 Å². The van der Waals surface area contributed by atoms with Gasteiger partial charge in [0, 0.05) is 6.54 Å². The molecule has 0 bridgehead atoms. The second kappa shape index (κ2) is 9.04. The van der Waals surface area contributed by atoms with Crippen LogP contribution in [0.2, 0.25) is 0 Å². The Bertz CT molecular complexity index is 755. The first-order valence-electron chi connectivity index (χ1n) is 8.88. The number of alkyl halides is 3. The van der Waals surface area contributed by atoms with Crippen LogP contribution < -0.4 is 5.32 Å². The highest BCUT2D eigenvalue weighted by molar-refractivity contribution is 5.78. The molecule has 2 rings (SSSR count). The fraction of sp³-hybridized carbons (Fsp3) is 0.381. The Labute approximate surface area is 158 Å². The third-order valence-corrected chi connectivity index (χ3v) is 4.51. The van der Waals surface area contributed by atoms with Gasteiger partial charge in [-0.15, -0.1) is 0 Å². The van der Waals surface area contributed by atoms with Gasteiger partial charge in [-0.25, -0.2) is 0 Å². The number of likely N-dealkylation sites (N-methyl/N-ethyl adjacent to an activating group) is 1. The standard InChI is InChI=1S/C21H25F3N2O/c1-4-15-8-10-17(11-9-15)19(26(2)3)14-25-20(27)13-16-6-5-7-18(12-16)21(22,23)24/h5-12,19H,4,13-14H2,1-3H3,(H,25,27). The van der Waals surface area contributed by atoms with Crippen molar-refractivity contribution in [2.45, 2.75) is 32.0 Å². The van der Waals surface area contributed by atoms with Crippen molar-refractivity contribution in [2.75, 3.05) is 20.6 Å².